The van der Waals surface area contributed by atoms with Crippen LogP contribution in [0.2, 0.25) is 0 Å². The molecule has 4 nitrogen and oxygen atoms in total. The lowest BCUT2D eigenvalue weighted by Crippen LogP contribution is -2.22. The molecule has 0 unspecified atom stereocenters. The molecule has 0 aliphatic carbocycles. The summed E-state index contributed by atoms with van der Waals surface area (Å²) in [4.78, 5) is 4.33. The van der Waals surface area contributed by atoms with E-state index >= 15 is 0 Å². The van der Waals surface area contributed by atoms with Crippen molar-refractivity contribution in [1.29, 1.82) is 0 Å². The van der Waals surface area contributed by atoms with Gasteiger partial charge in [0.05, 0.1) is 6.61 Å². The molecule has 0 amide bonds. The van der Waals surface area contributed by atoms with Crippen LogP contribution in [0, 0.1) is 13.8 Å². The van der Waals surface area contributed by atoms with Crippen molar-refractivity contribution in [3.8, 4) is 5.75 Å². The lowest BCUT2D eigenvalue weighted by atomic mass is 10.2. The number of halogens is 1. The van der Waals surface area contributed by atoms with Gasteiger partial charge in [-0.15, -0.1) is 24.0 Å². The van der Waals surface area contributed by atoms with E-state index in [1.807, 2.05) is 36.4 Å². The van der Waals surface area contributed by atoms with Gasteiger partial charge in [0.1, 0.15) is 5.75 Å². The first kappa shape index (κ1) is 20.3. The minimum Gasteiger partial charge on any atom is -0.494 e. The van der Waals surface area contributed by atoms with Crippen LogP contribution >= 0.6 is 24.0 Å². The number of nitrogens with two attached hydrogens (primary N) is 1. The number of aliphatic imine (C=N–C) groups is 1. The zero-order valence-electron chi connectivity index (χ0n) is 14.3. The Morgan fingerprint density at radius 3 is 2.17 bits per heavy atom. The Balaban J connectivity index is 0.00000288. The Bertz CT molecular complexity index is 624. The maximum Gasteiger partial charge on any atom is 0.193 e. The van der Waals surface area contributed by atoms with Crippen LogP contribution in [0.1, 0.15) is 24.0 Å². The van der Waals surface area contributed by atoms with E-state index in [-0.39, 0.29) is 24.0 Å². The van der Waals surface area contributed by atoms with E-state index in [2.05, 4.69) is 36.3 Å². The maximum atomic E-state index is 5.87. The molecule has 0 aromatic heterocycles. The number of hydrogen-bond acceptors (Lipinski definition) is 2. The number of benzene rings is 2. The number of anilines is 1. The van der Waals surface area contributed by atoms with E-state index in [9.17, 15) is 0 Å². The molecule has 0 saturated heterocycles. The maximum absolute atomic E-state index is 5.87. The van der Waals surface area contributed by atoms with Gasteiger partial charge in [0.25, 0.3) is 0 Å². The van der Waals surface area contributed by atoms with Gasteiger partial charge in [-0.25, -0.2) is 0 Å². The molecule has 0 aliphatic rings. The zero-order valence-corrected chi connectivity index (χ0v) is 16.6. The molecule has 2 aromatic carbocycles. The highest BCUT2D eigenvalue weighted by Gasteiger charge is 1.96. The summed E-state index contributed by atoms with van der Waals surface area (Å²) in [7, 11) is 0. The molecule has 0 aliphatic heterocycles. The topological polar surface area (TPSA) is 59.6 Å². The minimum absolute atomic E-state index is 0. The van der Waals surface area contributed by atoms with E-state index in [4.69, 9.17) is 10.5 Å². The summed E-state index contributed by atoms with van der Waals surface area (Å²) in [5, 5.41) is 3.09. The smallest absolute Gasteiger partial charge is 0.193 e. The highest BCUT2D eigenvalue weighted by atomic mass is 127. The van der Waals surface area contributed by atoms with Crippen LogP contribution in [0.25, 0.3) is 0 Å². The molecule has 0 spiro atoms. The van der Waals surface area contributed by atoms with Gasteiger partial charge in [-0.05, 0) is 51.0 Å². The summed E-state index contributed by atoms with van der Waals surface area (Å²) < 4.78 is 5.68. The minimum atomic E-state index is 0. The second kappa shape index (κ2) is 10.9. The van der Waals surface area contributed by atoms with Crippen molar-refractivity contribution >= 4 is 35.6 Å². The lowest BCUT2D eigenvalue weighted by Gasteiger charge is -2.07. The predicted octanol–water partition coefficient (Wildman–Crippen LogP) is 4.51. The van der Waals surface area contributed by atoms with Crippen molar-refractivity contribution in [3.63, 3.8) is 0 Å². The van der Waals surface area contributed by atoms with Crippen molar-refractivity contribution in [1.82, 2.24) is 0 Å². The van der Waals surface area contributed by atoms with E-state index in [0.717, 1.165) is 24.3 Å². The summed E-state index contributed by atoms with van der Waals surface area (Å²) in [6.07, 6.45) is 1.90. The monoisotopic (exact) mass is 439 g/mol. The number of hydrogen-bond donors (Lipinski definition) is 2. The number of aryl methyl sites for hydroxylation is 2. The molecule has 0 saturated carbocycles. The number of nitrogens with one attached hydrogen (secondary N) is 1. The molecule has 0 heterocycles. The first-order chi connectivity index (χ1) is 11.1. The third-order valence-corrected chi connectivity index (χ3v) is 3.45. The molecule has 0 bridgehead atoms. The quantitative estimate of drug-likeness (QED) is 0.289. The molecule has 0 radical (unpaired) electrons. The predicted molar refractivity (Wildman–Crippen MR) is 113 cm³/mol. The average Bonchev–Trinajstić information content (AvgIpc) is 2.54. The normalized spacial score (nSPS) is 10.8. The summed E-state index contributed by atoms with van der Waals surface area (Å²) in [6.45, 7) is 5.52. The van der Waals surface area contributed by atoms with Crippen molar-refractivity contribution in [3.05, 3.63) is 59.7 Å². The fraction of sp³-hybridized carbons (Fsp3) is 0.316. The largest absolute Gasteiger partial charge is 0.494 e. The van der Waals surface area contributed by atoms with Gasteiger partial charge >= 0.3 is 0 Å². The Kier molecular flexibility index (Phi) is 9.22. The van der Waals surface area contributed by atoms with Crippen LogP contribution in [0.3, 0.4) is 0 Å². The molecular weight excluding hydrogens is 413 g/mol. The van der Waals surface area contributed by atoms with E-state index in [1.54, 1.807) is 0 Å². The van der Waals surface area contributed by atoms with Crippen molar-refractivity contribution in [2.45, 2.75) is 26.7 Å². The van der Waals surface area contributed by atoms with Crippen molar-refractivity contribution in [2.75, 3.05) is 18.5 Å². The molecular formula is C19H26IN3O. The third-order valence-electron chi connectivity index (χ3n) is 3.45. The van der Waals surface area contributed by atoms with Crippen molar-refractivity contribution in [2.24, 2.45) is 10.7 Å². The second-order valence-electron chi connectivity index (χ2n) is 5.63. The van der Waals surface area contributed by atoms with Crippen LogP contribution in [0.5, 0.6) is 5.75 Å². The second-order valence-corrected chi connectivity index (χ2v) is 5.63. The highest BCUT2D eigenvalue weighted by molar-refractivity contribution is 14.0. The number of guanidine groups is 1. The van der Waals surface area contributed by atoms with E-state index < -0.39 is 0 Å². The first-order valence-corrected chi connectivity index (χ1v) is 7.96. The number of nitrogens with zero attached hydrogens (tertiary/aromatic N) is 1. The molecule has 24 heavy (non-hydrogen) atoms. The molecule has 2 rings (SSSR count). The first-order valence-electron chi connectivity index (χ1n) is 7.96. The van der Waals surface area contributed by atoms with Crippen LogP contribution in [-0.2, 0) is 0 Å². The van der Waals surface area contributed by atoms with Crippen LogP contribution in [0.4, 0.5) is 5.69 Å². The van der Waals surface area contributed by atoms with Gasteiger partial charge in [0.2, 0.25) is 0 Å². The average molecular weight is 439 g/mol. The lowest BCUT2D eigenvalue weighted by molar-refractivity contribution is 0.308. The fourth-order valence-corrected chi connectivity index (χ4v) is 2.06. The van der Waals surface area contributed by atoms with Gasteiger partial charge in [0.15, 0.2) is 5.96 Å². The molecule has 3 N–H and O–H groups in total. The van der Waals surface area contributed by atoms with Gasteiger partial charge in [-0.1, -0.05) is 35.4 Å². The molecule has 0 atom stereocenters. The SMILES string of the molecule is Cc1ccc(NC(N)=NCCCCOc2ccc(C)cc2)cc1.I. The fourth-order valence-electron chi connectivity index (χ4n) is 2.06. The number of ether oxygens (including phenoxy) is 1. The number of rotatable bonds is 7. The van der Waals surface area contributed by atoms with Crippen LogP contribution < -0.4 is 15.8 Å². The zero-order chi connectivity index (χ0) is 16.5. The highest BCUT2D eigenvalue weighted by Crippen LogP contribution is 2.12. The summed E-state index contributed by atoms with van der Waals surface area (Å²) >= 11 is 0. The Hall–Kier alpha value is -1.76. The summed E-state index contributed by atoms with van der Waals surface area (Å²) in [5.74, 6) is 1.37. The van der Waals surface area contributed by atoms with Gasteiger partial charge in [-0.2, -0.15) is 0 Å². The number of unbranched alkanes of at least 4 members (excludes halogenated alkanes) is 1. The van der Waals surface area contributed by atoms with Crippen LogP contribution in [0.15, 0.2) is 53.5 Å². The molecule has 5 heteroatoms. The Morgan fingerprint density at radius 1 is 0.958 bits per heavy atom. The Morgan fingerprint density at radius 2 is 1.54 bits per heavy atom. The summed E-state index contributed by atoms with van der Waals surface area (Å²) in [6, 6.07) is 16.2. The molecule has 130 valence electrons. The van der Waals surface area contributed by atoms with E-state index in [1.165, 1.54) is 11.1 Å². The van der Waals surface area contributed by atoms with E-state index in [0.29, 0.717) is 19.1 Å². The molecule has 2 aromatic rings. The summed E-state index contributed by atoms with van der Waals surface area (Å²) in [5.41, 5.74) is 9.29. The van der Waals surface area contributed by atoms with Crippen LogP contribution in [-0.4, -0.2) is 19.1 Å². The third kappa shape index (κ3) is 7.68. The van der Waals surface area contributed by atoms with Crippen molar-refractivity contribution < 1.29 is 4.74 Å². The Labute approximate surface area is 161 Å². The van der Waals surface area contributed by atoms with Gasteiger partial charge in [0, 0.05) is 12.2 Å². The van der Waals surface area contributed by atoms with Gasteiger partial charge in [-0.3, -0.25) is 4.99 Å². The standard InChI is InChI=1S/C19H25N3O.HI/c1-15-5-9-17(10-6-15)22-19(20)21-13-3-4-14-23-18-11-7-16(2)8-12-18;/h5-12H,3-4,13-14H2,1-2H3,(H3,20,21,22);1H. The van der Waals surface area contributed by atoms with Gasteiger partial charge < -0.3 is 15.8 Å². The molecule has 0 fully saturated rings.